The van der Waals surface area contributed by atoms with Crippen molar-refractivity contribution in [3.63, 3.8) is 0 Å². The van der Waals surface area contributed by atoms with E-state index < -0.39 is 43.7 Å². The number of carbonyl (C=O) groups excluding carboxylic acids is 2. The summed E-state index contributed by atoms with van der Waals surface area (Å²) in [6.07, 6.45) is 1.48. The van der Waals surface area contributed by atoms with Crippen LogP contribution >= 0.6 is 69.6 Å². The first-order chi connectivity index (χ1) is 11.9. The zero-order chi connectivity index (χ0) is 19.7. The molecule has 2 aliphatic carbocycles. The fourth-order valence-electron chi connectivity index (χ4n) is 4.00. The number of imide groups is 1. The third-order valence-corrected chi connectivity index (χ3v) is 9.53. The summed E-state index contributed by atoms with van der Waals surface area (Å²) in [4.78, 5) is 33.8. The molecule has 0 unspecified atom stereocenters. The van der Waals surface area contributed by atoms with Crippen LogP contribution in [0.15, 0.2) is 10.1 Å². The lowest BCUT2D eigenvalue weighted by molar-refractivity contribution is -0.141. The molecule has 144 valence electrons. The van der Waals surface area contributed by atoms with E-state index in [0.717, 1.165) is 4.90 Å². The number of alkyl halides is 4. The number of allylic oxidation sites excluding steroid dienone is 2. The average Bonchev–Trinajstić information content (AvgIpc) is 2.93. The smallest absolute Gasteiger partial charge is 0.303 e. The molecule has 4 atom stereocenters. The summed E-state index contributed by atoms with van der Waals surface area (Å²) in [6, 6.07) is 0. The van der Waals surface area contributed by atoms with E-state index in [1.54, 1.807) is 0 Å². The summed E-state index contributed by atoms with van der Waals surface area (Å²) in [6.45, 7) is 0.122. The van der Waals surface area contributed by atoms with Gasteiger partial charge in [-0.1, -0.05) is 52.8 Å². The molecule has 1 heterocycles. The molecule has 1 N–H and O–H groups in total. The average molecular weight is 484 g/mol. The summed E-state index contributed by atoms with van der Waals surface area (Å²) in [7, 11) is 0. The van der Waals surface area contributed by atoms with E-state index in [1.165, 1.54) is 0 Å². The molecule has 2 fully saturated rings. The molecule has 26 heavy (non-hydrogen) atoms. The second-order valence-corrected chi connectivity index (χ2v) is 9.89. The first-order valence-electron chi connectivity index (χ1n) is 7.82. The van der Waals surface area contributed by atoms with Crippen LogP contribution in [0.25, 0.3) is 0 Å². The van der Waals surface area contributed by atoms with Crippen LogP contribution in [0.2, 0.25) is 0 Å². The van der Waals surface area contributed by atoms with Gasteiger partial charge in [-0.2, -0.15) is 0 Å². The molecule has 2 amide bonds. The summed E-state index contributed by atoms with van der Waals surface area (Å²) in [5, 5.41) is 8.40. The predicted octanol–water partition coefficient (Wildman–Crippen LogP) is 4.08. The second-order valence-electron chi connectivity index (χ2n) is 6.61. The number of hydrogen-bond acceptors (Lipinski definition) is 3. The van der Waals surface area contributed by atoms with Crippen molar-refractivity contribution in [1.29, 1.82) is 0 Å². The van der Waals surface area contributed by atoms with Gasteiger partial charge >= 0.3 is 5.97 Å². The number of likely N-dealkylation sites (tertiary alicyclic amines) is 1. The monoisotopic (exact) mass is 481 g/mol. The topological polar surface area (TPSA) is 74.7 Å². The number of unbranched alkanes of at least 4 members (excludes halogenated alkanes) is 2. The fourth-order valence-corrected chi connectivity index (χ4v) is 6.93. The van der Waals surface area contributed by atoms with Crippen molar-refractivity contribution in [2.45, 2.75) is 39.8 Å². The lowest BCUT2D eigenvalue weighted by Crippen LogP contribution is -2.50. The van der Waals surface area contributed by atoms with Crippen molar-refractivity contribution < 1.29 is 19.5 Å². The normalized spacial score (nSPS) is 37.7. The Bertz CT molecular complexity index is 694. The highest BCUT2D eigenvalue weighted by atomic mass is 35.5. The van der Waals surface area contributed by atoms with Gasteiger partial charge in [-0.05, 0) is 12.8 Å². The van der Waals surface area contributed by atoms with E-state index in [-0.39, 0.29) is 23.0 Å². The molecule has 1 saturated heterocycles. The van der Waals surface area contributed by atoms with E-state index in [4.69, 9.17) is 74.7 Å². The molecule has 3 aliphatic rings. The fraction of sp³-hybridized carbons (Fsp3) is 0.667. The van der Waals surface area contributed by atoms with Crippen molar-refractivity contribution in [1.82, 2.24) is 4.90 Å². The number of fused-ring (bicyclic) bond motifs is 5. The van der Waals surface area contributed by atoms with Gasteiger partial charge in [-0.3, -0.25) is 19.3 Å². The molecule has 0 radical (unpaired) electrons. The Hall–Kier alpha value is 0.0900. The molecule has 1 saturated carbocycles. The van der Waals surface area contributed by atoms with Crippen molar-refractivity contribution in [2.24, 2.45) is 11.8 Å². The van der Waals surface area contributed by atoms with E-state index in [2.05, 4.69) is 0 Å². The van der Waals surface area contributed by atoms with Crippen molar-refractivity contribution >= 4 is 87.4 Å². The van der Waals surface area contributed by atoms with E-state index in [0.29, 0.717) is 19.3 Å². The van der Waals surface area contributed by atoms with Crippen LogP contribution in [0.1, 0.15) is 25.7 Å². The van der Waals surface area contributed by atoms with Gasteiger partial charge in [0, 0.05) is 13.0 Å². The predicted molar refractivity (Wildman–Crippen MR) is 100 cm³/mol. The number of nitrogens with zero attached hydrogens (tertiary/aromatic N) is 1. The number of aliphatic carboxylic acids is 1. The van der Waals surface area contributed by atoms with Crippen LogP contribution < -0.4 is 0 Å². The number of halogens is 6. The summed E-state index contributed by atoms with van der Waals surface area (Å²) in [5.74, 6) is -4.22. The van der Waals surface area contributed by atoms with Crippen LogP contribution in [0.5, 0.6) is 0 Å². The van der Waals surface area contributed by atoms with Crippen LogP contribution in [0, 0.1) is 11.8 Å². The van der Waals surface area contributed by atoms with Crippen molar-refractivity contribution in [2.75, 3.05) is 6.54 Å². The highest BCUT2D eigenvalue weighted by Crippen LogP contribution is 2.77. The quantitative estimate of drug-likeness (QED) is 0.351. The Labute approximate surface area is 179 Å². The Morgan fingerprint density at radius 3 is 1.81 bits per heavy atom. The maximum Gasteiger partial charge on any atom is 0.303 e. The molecular formula is C15H13Cl6NO4. The number of carboxylic acid groups (broad SMARTS) is 1. The molecular weight excluding hydrogens is 471 g/mol. The largest absolute Gasteiger partial charge is 0.481 e. The van der Waals surface area contributed by atoms with Gasteiger partial charge < -0.3 is 5.11 Å². The summed E-state index contributed by atoms with van der Waals surface area (Å²) < 4.78 is -1.93. The first-order valence-corrected chi connectivity index (χ1v) is 10.1. The highest BCUT2D eigenvalue weighted by molar-refractivity contribution is 6.66. The minimum Gasteiger partial charge on any atom is -0.481 e. The standard InChI is InChI=1S/C15H13Cl6NO4/c16-9-10(17)14(19)8-7(13(9,18)15(14,20)21)11(25)22(12(8)26)5-3-1-2-4-6(23)24/h7-8H,1-5H2,(H,23,24)/t7-,8+,13-,14-/m1/s1. The highest BCUT2D eigenvalue weighted by Gasteiger charge is 2.87. The van der Waals surface area contributed by atoms with Gasteiger partial charge in [-0.15, -0.1) is 23.2 Å². The third-order valence-electron chi connectivity index (χ3n) is 5.27. The second kappa shape index (κ2) is 6.57. The Morgan fingerprint density at radius 2 is 1.38 bits per heavy atom. The minimum absolute atomic E-state index is 0.0267. The zero-order valence-corrected chi connectivity index (χ0v) is 17.6. The molecule has 0 aromatic heterocycles. The molecule has 0 spiro atoms. The Kier molecular flexibility index (Phi) is 5.26. The van der Waals surface area contributed by atoms with Crippen molar-refractivity contribution in [3.05, 3.63) is 10.1 Å². The van der Waals surface area contributed by atoms with Crippen LogP contribution in [0.3, 0.4) is 0 Å². The first kappa shape index (κ1) is 20.8. The van der Waals surface area contributed by atoms with Crippen LogP contribution in [0.4, 0.5) is 0 Å². The lowest BCUT2D eigenvalue weighted by atomic mass is 9.84. The van der Waals surface area contributed by atoms with Gasteiger partial charge in [-0.25, -0.2) is 0 Å². The van der Waals surface area contributed by atoms with E-state index in [9.17, 15) is 14.4 Å². The van der Waals surface area contributed by atoms with Gasteiger partial charge in [0.2, 0.25) is 11.8 Å². The van der Waals surface area contributed by atoms with Crippen LogP contribution in [-0.2, 0) is 14.4 Å². The van der Waals surface area contributed by atoms with Gasteiger partial charge in [0.15, 0.2) is 4.33 Å². The molecule has 2 bridgehead atoms. The minimum atomic E-state index is -1.93. The molecule has 5 nitrogen and oxygen atoms in total. The van der Waals surface area contributed by atoms with E-state index >= 15 is 0 Å². The summed E-state index contributed by atoms with van der Waals surface area (Å²) >= 11 is 38.3. The zero-order valence-electron chi connectivity index (χ0n) is 13.1. The van der Waals surface area contributed by atoms with Gasteiger partial charge in [0.05, 0.1) is 21.9 Å². The van der Waals surface area contributed by atoms with Crippen molar-refractivity contribution in [3.8, 4) is 0 Å². The van der Waals surface area contributed by atoms with E-state index in [1.807, 2.05) is 0 Å². The third kappa shape index (κ3) is 2.34. The maximum absolute atomic E-state index is 12.9. The number of hydrogen-bond donors (Lipinski definition) is 1. The Morgan fingerprint density at radius 1 is 0.923 bits per heavy atom. The summed E-state index contributed by atoms with van der Waals surface area (Å²) in [5.41, 5.74) is 0. The number of carboxylic acids is 1. The van der Waals surface area contributed by atoms with Gasteiger partial charge in [0.25, 0.3) is 0 Å². The molecule has 3 rings (SSSR count). The lowest BCUT2D eigenvalue weighted by Gasteiger charge is -2.34. The number of amides is 2. The number of rotatable bonds is 6. The van der Waals surface area contributed by atoms with Gasteiger partial charge in [0.1, 0.15) is 9.75 Å². The Balaban J connectivity index is 1.83. The molecule has 0 aromatic rings. The molecule has 11 heteroatoms. The SMILES string of the molecule is O=C(O)CCCCCN1C(=O)[C@@H]2[C@H](C1=O)[C@@]1(Cl)C(Cl)=C(Cl)[C@@]2(Cl)C1(Cl)Cl. The molecule has 1 aliphatic heterocycles. The van der Waals surface area contributed by atoms with Crippen LogP contribution in [-0.4, -0.2) is 48.4 Å². The molecule has 0 aromatic carbocycles. The number of carbonyl (C=O) groups is 3. The maximum atomic E-state index is 12.9.